The maximum absolute atomic E-state index is 13.8. The minimum absolute atomic E-state index is 0.0202. The molecule has 1 N–H and O–H groups in total. The van der Waals surface area contributed by atoms with E-state index >= 15 is 0 Å². The first-order valence-corrected chi connectivity index (χ1v) is 10.8. The molecule has 32 heavy (non-hydrogen) atoms. The molecule has 1 aliphatic heterocycles. The third-order valence-electron chi connectivity index (χ3n) is 5.39. The minimum Gasteiger partial charge on any atom is -0.501 e. The largest absolute Gasteiger partial charge is 0.501 e. The van der Waals surface area contributed by atoms with Gasteiger partial charge in [0.25, 0.3) is 5.91 Å². The number of aromatic nitrogens is 2. The molecule has 0 unspecified atom stereocenters. The number of carbonyl (C=O) groups is 1. The Bertz CT molecular complexity index is 1190. The molecule has 0 saturated heterocycles. The number of carbonyl (C=O) groups excluding carboxylic acids is 1. The smallest absolute Gasteiger partial charge is 0.315 e. The number of halogens is 1. The minimum atomic E-state index is -0.821. The predicted molar refractivity (Wildman–Crippen MR) is 122 cm³/mol. The van der Waals surface area contributed by atoms with Crippen LogP contribution in [-0.2, 0) is 13.0 Å². The monoisotopic (exact) mass is 437 g/mol. The Labute approximate surface area is 187 Å². The maximum atomic E-state index is 13.8. The van der Waals surface area contributed by atoms with Gasteiger partial charge in [0.15, 0.2) is 5.69 Å². The number of rotatable bonds is 4. The highest BCUT2D eigenvalue weighted by Gasteiger charge is 2.32. The van der Waals surface area contributed by atoms with Crippen molar-refractivity contribution in [3.63, 3.8) is 0 Å². The lowest BCUT2D eigenvalue weighted by atomic mass is 9.97. The summed E-state index contributed by atoms with van der Waals surface area (Å²) >= 11 is 0. The molecule has 0 saturated carbocycles. The van der Waals surface area contributed by atoms with Crippen molar-refractivity contribution in [1.29, 1.82) is 0 Å². The van der Waals surface area contributed by atoms with Crippen molar-refractivity contribution >= 4 is 5.91 Å². The Morgan fingerprint density at radius 3 is 2.47 bits per heavy atom. The van der Waals surface area contributed by atoms with Crippen LogP contribution in [0.4, 0.5) is 4.39 Å². The van der Waals surface area contributed by atoms with E-state index in [0.717, 1.165) is 11.1 Å². The van der Waals surface area contributed by atoms with Crippen LogP contribution in [0.2, 0.25) is 0 Å². The molecule has 1 aliphatic rings. The second-order valence-electron chi connectivity index (χ2n) is 7.62. The van der Waals surface area contributed by atoms with Crippen molar-refractivity contribution in [3.05, 3.63) is 81.8 Å². The molecular weight excluding hydrogens is 409 g/mol. The van der Waals surface area contributed by atoms with Gasteiger partial charge < -0.3 is 14.6 Å². The number of hydrogen-bond donors (Lipinski definition) is 1. The van der Waals surface area contributed by atoms with E-state index < -0.39 is 11.3 Å². The van der Waals surface area contributed by atoms with Crippen LogP contribution in [0.3, 0.4) is 0 Å². The fourth-order valence-electron chi connectivity index (χ4n) is 3.90. The van der Waals surface area contributed by atoms with E-state index in [1.165, 1.54) is 12.1 Å². The van der Waals surface area contributed by atoms with Gasteiger partial charge >= 0.3 is 5.56 Å². The second-order valence-corrected chi connectivity index (χ2v) is 7.62. The van der Waals surface area contributed by atoms with Gasteiger partial charge in [-0.3, -0.25) is 9.59 Å². The van der Waals surface area contributed by atoms with Crippen LogP contribution in [0.15, 0.2) is 53.3 Å². The Hall–Kier alpha value is -3.48. The normalized spacial score (nSPS) is 12.9. The van der Waals surface area contributed by atoms with Crippen LogP contribution >= 0.6 is 0 Å². The van der Waals surface area contributed by atoms with Crippen LogP contribution in [-0.4, -0.2) is 38.1 Å². The van der Waals surface area contributed by atoms with Gasteiger partial charge in [-0.15, -0.1) is 0 Å². The molecular formula is C25H28FN3O3. The zero-order chi connectivity index (χ0) is 23.4. The standard InChI is InChI=1S/C23H22FN3O3.C2H6/c1-14(2)26-10-11-27-19(25-22(29)21(28)20(27)23(26)30)13-16-6-3-4-9-18(16)15-7-5-8-17(24)12-15;1-2/h3-9,12,14,28H,10-11,13H2,1-2H3;1-2H3. The zero-order valence-electron chi connectivity index (χ0n) is 18.8. The van der Waals surface area contributed by atoms with Crippen molar-refractivity contribution < 1.29 is 14.3 Å². The highest BCUT2D eigenvalue weighted by Crippen LogP contribution is 2.28. The summed E-state index contributed by atoms with van der Waals surface area (Å²) in [4.78, 5) is 30.9. The van der Waals surface area contributed by atoms with Crippen molar-refractivity contribution in [1.82, 2.24) is 14.5 Å². The number of nitrogens with zero attached hydrogens (tertiary/aromatic N) is 3. The number of benzene rings is 2. The van der Waals surface area contributed by atoms with Crippen LogP contribution < -0.4 is 5.56 Å². The van der Waals surface area contributed by atoms with Crippen LogP contribution in [0.1, 0.15) is 49.6 Å². The van der Waals surface area contributed by atoms with E-state index in [0.29, 0.717) is 24.5 Å². The van der Waals surface area contributed by atoms with E-state index in [1.807, 2.05) is 58.0 Å². The summed E-state index contributed by atoms with van der Waals surface area (Å²) in [6.07, 6.45) is 0.268. The predicted octanol–water partition coefficient (Wildman–Crippen LogP) is 4.24. The second kappa shape index (κ2) is 9.77. The molecule has 3 aromatic rings. The van der Waals surface area contributed by atoms with Gasteiger partial charge in [0.1, 0.15) is 11.6 Å². The lowest BCUT2D eigenvalue weighted by Gasteiger charge is -2.34. The highest BCUT2D eigenvalue weighted by molar-refractivity contribution is 5.95. The number of amides is 1. The molecule has 0 radical (unpaired) electrons. The Morgan fingerprint density at radius 2 is 1.78 bits per heavy atom. The van der Waals surface area contributed by atoms with E-state index in [1.54, 1.807) is 15.5 Å². The van der Waals surface area contributed by atoms with E-state index in [9.17, 15) is 19.1 Å². The fourth-order valence-corrected chi connectivity index (χ4v) is 3.90. The number of hydrogen-bond acceptors (Lipinski definition) is 4. The fraction of sp³-hybridized carbons (Fsp3) is 0.320. The summed E-state index contributed by atoms with van der Waals surface area (Å²) in [6.45, 7) is 8.67. The van der Waals surface area contributed by atoms with Gasteiger partial charge in [0.05, 0.1) is 0 Å². The molecule has 0 atom stereocenters. The van der Waals surface area contributed by atoms with Crippen LogP contribution in [0, 0.1) is 5.82 Å². The van der Waals surface area contributed by atoms with Gasteiger partial charge in [-0.05, 0) is 42.7 Å². The van der Waals surface area contributed by atoms with Crippen LogP contribution in [0.5, 0.6) is 5.75 Å². The summed E-state index contributed by atoms with van der Waals surface area (Å²) in [6, 6.07) is 13.7. The van der Waals surface area contributed by atoms with Gasteiger partial charge in [-0.25, -0.2) is 4.39 Å². The van der Waals surface area contributed by atoms with Gasteiger partial charge in [0.2, 0.25) is 5.75 Å². The topological polar surface area (TPSA) is 75.4 Å². The van der Waals surface area contributed by atoms with Gasteiger partial charge in [-0.2, -0.15) is 4.98 Å². The molecule has 1 aromatic heterocycles. The van der Waals surface area contributed by atoms with Gasteiger partial charge in [-0.1, -0.05) is 50.2 Å². The molecule has 0 spiro atoms. The van der Waals surface area contributed by atoms with Crippen LogP contribution in [0.25, 0.3) is 11.1 Å². The Balaban J connectivity index is 0.00000141. The van der Waals surface area contributed by atoms with Crippen molar-refractivity contribution in [2.45, 2.75) is 46.7 Å². The van der Waals surface area contributed by atoms with E-state index in [-0.39, 0.29) is 29.9 Å². The first-order chi connectivity index (χ1) is 15.4. The zero-order valence-corrected chi connectivity index (χ0v) is 18.8. The molecule has 1 amide bonds. The molecule has 168 valence electrons. The lowest BCUT2D eigenvalue weighted by molar-refractivity contribution is 0.0638. The summed E-state index contributed by atoms with van der Waals surface area (Å²) < 4.78 is 15.4. The number of aromatic hydroxyl groups is 1. The first-order valence-electron chi connectivity index (χ1n) is 10.8. The highest BCUT2D eigenvalue weighted by atomic mass is 19.1. The number of fused-ring (bicyclic) bond motifs is 1. The summed E-state index contributed by atoms with van der Waals surface area (Å²) in [5.41, 5.74) is 1.54. The maximum Gasteiger partial charge on any atom is 0.315 e. The Kier molecular flexibility index (Phi) is 7.08. The molecule has 0 fully saturated rings. The quantitative estimate of drug-likeness (QED) is 0.663. The average molecular weight is 438 g/mol. The van der Waals surface area contributed by atoms with Gasteiger partial charge in [0, 0.05) is 25.6 Å². The van der Waals surface area contributed by atoms with Crippen molar-refractivity contribution in [2.75, 3.05) is 6.54 Å². The van der Waals surface area contributed by atoms with Crippen molar-refractivity contribution in [2.24, 2.45) is 0 Å². The summed E-state index contributed by atoms with van der Waals surface area (Å²) in [7, 11) is 0. The molecule has 2 aromatic carbocycles. The van der Waals surface area contributed by atoms with Crippen molar-refractivity contribution in [3.8, 4) is 16.9 Å². The molecule has 7 heteroatoms. The van der Waals surface area contributed by atoms with E-state index in [4.69, 9.17) is 0 Å². The third-order valence-corrected chi connectivity index (χ3v) is 5.39. The molecule has 4 rings (SSSR count). The Morgan fingerprint density at radius 1 is 1.06 bits per heavy atom. The first kappa shape index (κ1) is 23.2. The summed E-state index contributed by atoms with van der Waals surface area (Å²) in [5, 5.41) is 10.3. The molecule has 2 heterocycles. The molecule has 0 bridgehead atoms. The summed E-state index contributed by atoms with van der Waals surface area (Å²) in [5.74, 6) is -0.938. The molecule has 0 aliphatic carbocycles. The molecule has 6 nitrogen and oxygen atoms in total. The average Bonchev–Trinajstić information content (AvgIpc) is 2.78. The van der Waals surface area contributed by atoms with E-state index in [2.05, 4.69) is 4.98 Å². The lowest BCUT2D eigenvalue weighted by Crippen LogP contribution is -2.46. The third kappa shape index (κ3) is 4.42. The SMILES string of the molecule is CC.CC(C)N1CCn2c(Cc3ccccc3-c3cccc(F)c3)nc(=O)c(O)c2C1=O.